The maximum atomic E-state index is 12.6. The van der Waals surface area contributed by atoms with Gasteiger partial charge in [-0.15, -0.1) is 17.9 Å². The second kappa shape index (κ2) is 6.74. The van der Waals surface area contributed by atoms with Crippen molar-refractivity contribution in [3.8, 4) is 0 Å². The Bertz CT molecular complexity index is 795. The molecule has 3 nitrogen and oxygen atoms in total. The van der Waals surface area contributed by atoms with Gasteiger partial charge in [0, 0.05) is 21.3 Å². The first-order valence-corrected chi connectivity index (χ1v) is 8.88. The summed E-state index contributed by atoms with van der Waals surface area (Å²) in [5.74, 6) is -0.549. The maximum Gasteiger partial charge on any atom is 0.268 e. The number of imide groups is 1. The predicted molar refractivity (Wildman–Crippen MR) is 95.5 cm³/mol. The van der Waals surface area contributed by atoms with Gasteiger partial charge in [0.15, 0.2) is 0 Å². The number of thioether (sulfide) groups is 1. The smallest absolute Gasteiger partial charge is 0.268 e. The zero-order chi connectivity index (χ0) is 16.4. The van der Waals surface area contributed by atoms with Crippen LogP contribution in [-0.2, 0) is 9.59 Å². The SMILES string of the molecule is C=CCN1C(=O)C(Sc2ccc(Cl)cc2)=C(c2cccs2)C1=O. The molecule has 2 aromatic rings. The lowest BCUT2D eigenvalue weighted by atomic mass is 10.2. The largest absolute Gasteiger partial charge is 0.270 e. The minimum atomic E-state index is -0.279. The molecule has 2 amide bonds. The number of carbonyl (C=O) groups excluding carboxylic acids is 2. The molecule has 6 heteroatoms. The first-order valence-electron chi connectivity index (χ1n) is 6.80. The van der Waals surface area contributed by atoms with Crippen LogP contribution in [-0.4, -0.2) is 23.3 Å². The molecule has 0 radical (unpaired) electrons. The number of halogens is 1. The van der Waals surface area contributed by atoms with Crippen molar-refractivity contribution in [1.29, 1.82) is 0 Å². The lowest BCUT2D eigenvalue weighted by molar-refractivity contribution is -0.135. The van der Waals surface area contributed by atoms with Crippen LogP contribution >= 0.6 is 34.7 Å². The van der Waals surface area contributed by atoms with Crippen LogP contribution in [0.3, 0.4) is 0 Å². The highest BCUT2D eigenvalue weighted by molar-refractivity contribution is 8.04. The average Bonchev–Trinajstić information content (AvgIpc) is 3.13. The summed E-state index contributed by atoms with van der Waals surface area (Å²) in [5.41, 5.74) is 0.465. The first-order chi connectivity index (χ1) is 11.1. The number of hydrogen-bond donors (Lipinski definition) is 0. The number of benzene rings is 1. The third kappa shape index (κ3) is 3.13. The summed E-state index contributed by atoms with van der Waals surface area (Å²) in [6.45, 7) is 3.82. The Morgan fingerprint density at radius 3 is 2.52 bits per heavy atom. The minimum Gasteiger partial charge on any atom is -0.270 e. The molecule has 23 heavy (non-hydrogen) atoms. The monoisotopic (exact) mass is 361 g/mol. The van der Waals surface area contributed by atoms with Crippen molar-refractivity contribution in [2.45, 2.75) is 4.90 Å². The van der Waals surface area contributed by atoms with Gasteiger partial charge in [-0.25, -0.2) is 0 Å². The summed E-state index contributed by atoms with van der Waals surface area (Å²) in [7, 11) is 0. The third-order valence-corrected chi connectivity index (χ3v) is 5.47. The van der Waals surface area contributed by atoms with Crippen molar-refractivity contribution >= 4 is 52.1 Å². The van der Waals surface area contributed by atoms with Crippen LogP contribution < -0.4 is 0 Å². The Morgan fingerprint density at radius 2 is 1.91 bits per heavy atom. The second-order valence-corrected chi connectivity index (χ2v) is 7.21. The fourth-order valence-corrected chi connectivity index (χ4v) is 4.17. The molecule has 2 heterocycles. The molecule has 0 atom stereocenters. The maximum absolute atomic E-state index is 12.6. The van der Waals surface area contributed by atoms with Crippen LogP contribution in [0, 0.1) is 0 Å². The fourth-order valence-electron chi connectivity index (χ4n) is 2.20. The predicted octanol–water partition coefficient (Wildman–Crippen LogP) is 4.46. The zero-order valence-corrected chi connectivity index (χ0v) is 14.4. The van der Waals surface area contributed by atoms with Crippen molar-refractivity contribution in [3.63, 3.8) is 0 Å². The van der Waals surface area contributed by atoms with E-state index in [4.69, 9.17) is 11.6 Å². The molecule has 1 aliphatic rings. The highest BCUT2D eigenvalue weighted by Crippen LogP contribution is 2.40. The first kappa shape index (κ1) is 16.1. The van der Waals surface area contributed by atoms with Crippen molar-refractivity contribution in [2.75, 3.05) is 6.54 Å². The normalized spacial score (nSPS) is 14.7. The van der Waals surface area contributed by atoms with Gasteiger partial charge in [-0.05, 0) is 35.7 Å². The van der Waals surface area contributed by atoms with E-state index in [9.17, 15) is 9.59 Å². The number of amides is 2. The quantitative estimate of drug-likeness (QED) is 0.582. The Labute approximate surface area is 147 Å². The lowest BCUT2D eigenvalue weighted by Crippen LogP contribution is -2.31. The van der Waals surface area contributed by atoms with Crippen LogP contribution in [0.4, 0.5) is 0 Å². The molecule has 0 N–H and O–H groups in total. The average molecular weight is 362 g/mol. The van der Waals surface area contributed by atoms with Gasteiger partial charge in [0.25, 0.3) is 11.8 Å². The summed E-state index contributed by atoms with van der Waals surface area (Å²) in [4.78, 5) is 28.6. The van der Waals surface area contributed by atoms with Gasteiger partial charge in [0.05, 0.1) is 10.5 Å². The van der Waals surface area contributed by atoms with Gasteiger partial charge in [-0.3, -0.25) is 14.5 Å². The van der Waals surface area contributed by atoms with Gasteiger partial charge in [0.2, 0.25) is 0 Å². The van der Waals surface area contributed by atoms with E-state index in [1.807, 2.05) is 29.6 Å². The van der Waals surface area contributed by atoms with Crippen molar-refractivity contribution < 1.29 is 9.59 Å². The van der Waals surface area contributed by atoms with E-state index in [1.165, 1.54) is 28.0 Å². The molecule has 0 unspecified atom stereocenters. The molecular weight excluding hydrogens is 350 g/mol. The number of carbonyl (C=O) groups is 2. The van der Waals surface area contributed by atoms with Gasteiger partial charge < -0.3 is 0 Å². The van der Waals surface area contributed by atoms with Crippen LogP contribution in [0.25, 0.3) is 5.57 Å². The van der Waals surface area contributed by atoms with E-state index in [1.54, 1.807) is 18.2 Å². The molecule has 0 fully saturated rings. The fraction of sp³-hybridized carbons (Fsp3) is 0.0588. The van der Waals surface area contributed by atoms with E-state index < -0.39 is 0 Å². The zero-order valence-electron chi connectivity index (χ0n) is 12.0. The van der Waals surface area contributed by atoms with E-state index in [0.29, 0.717) is 15.5 Å². The van der Waals surface area contributed by atoms with Crippen LogP contribution in [0.1, 0.15) is 4.88 Å². The molecule has 1 aliphatic heterocycles. The Balaban J connectivity index is 2.03. The molecule has 0 saturated heterocycles. The standard InChI is InChI=1S/C17H12ClNO2S2/c1-2-9-19-16(20)14(13-4-3-10-22-13)15(17(19)21)23-12-7-5-11(18)6-8-12/h2-8,10H,1,9H2. The Morgan fingerprint density at radius 1 is 1.17 bits per heavy atom. The lowest BCUT2D eigenvalue weighted by Gasteiger charge is -2.11. The van der Waals surface area contributed by atoms with Crippen molar-refractivity contribution in [2.24, 2.45) is 0 Å². The van der Waals surface area contributed by atoms with E-state index in [2.05, 4.69) is 6.58 Å². The Kier molecular flexibility index (Phi) is 4.71. The van der Waals surface area contributed by atoms with Crippen LogP contribution in [0.2, 0.25) is 5.02 Å². The summed E-state index contributed by atoms with van der Waals surface area (Å²) in [6.07, 6.45) is 1.55. The summed E-state index contributed by atoms with van der Waals surface area (Å²) in [5, 5.41) is 2.52. The molecule has 0 aliphatic carbocycles. The van der Waals surface area contributed by atoms with Crippen LogP contribution in [0.15, 0.2) is 64.2 Å². The van der Waals surface area contributed by atoms with Gasteiger partial charge in [-0.1, -0.05) is 35.5 Å². The molecule has 0 spiro atoms. The van der Waals surface area contributed by atoms with Crippen molar-refractivity contribution in [1.82, 2.24) is 4.90 Å². The number of rotatable bonds is 5. The Hall–Kier alpha value is -1.82. The van der Waals surface area contributed by atoms with Gasteiger partial charge in [0.1, 0.15) is 0 Å². The van der Waals surface area contributed by atoms with Gasteiger partial charge >= 0.3 is 0 Å². The molecule has 116 valence electrons. The molecular formula is C17H12ClNO2S2. The van der Waals surface area contributed by atoms with Crippen LogP contribution in [0.5, 0.6) is 0 Å². The van der Waals surface area contributed by atoms with Gasteiger partial charge in [-0.2, -0.15) is 0 Å². The van der Waals surface area contributed by atoms with E-state index >= 15 is 0 Å². The molecule has 1 aromatic carbocycles. The molecule has 0 saturated carbocycles. The molecule has 1 aromatic heterocycles. The number of thiophene rings is 1. The highest BCUT2D eigenvalue weighted by atomic mass is 35.5. The summed E-state index contributed by atoms with van der Waals surface area (Å²) in [6, 6.07) is 10.9. The number of nitrogens with zero attached hydrogens (tertiary/aromatic N) is 1. The highest BCUT2D eigenvalue weighted by Gasteiger charge is 2.39. The van der Waals surface area contributed by atoms with E-state index in [-0.39, 0.29) is 18.4 Å². The molecule has 3 rings (SSSR count). The molecule has 0 bridgehead atoms. The topological polar surface area (TPSA) is 37.4 Å². The third-order valence-electron chi connectivity index (χ3n) is 3.24. The second-order valence-electron chi connectivity index (χ2n) is 4.75. The minimum absolute atomic E-state index is 0.206. The number of hydrogen-bond acceptors (Lipinski definition) is 4. The van der Waals surface area contributed by atoms with Crippen molar-refractivity contribution in [3.05, 3.63) is 69.2 Å². The summed E-state index contributed by atoms with van der Waals surface area (Å²) >= 11 is 8.63. The van der Waals surface area contributed by atoms with E-state index in [0.717, 1.165) is 9.77 Å². The summed E-state index contributed by atoms with van der Waals surface area (Å²) < 4.78 is 0.